The van der Waals surface area contributed by atoms with Gasteiger partial charge in [-0.05, 0) is 20.8 Å². The predicted molar refractivity (Wildman–Crippen MR) is 63.7 cm³/mol. The molecule has 0 fully saturated rings. The summed E-state index contributed by atoms with van der Waals surface area (Å²) in [4.78, 5) is 13.4. The summed E-state index contributed by atoms with van der Waals surface area (Å²) in [6.45, 7) is 5.52. The molecule has 1 aliphatic heterocycles. The molecule has 2 heterocycles. The molecule has 5 nitrogen and oxygen atoms in total. The van der Waals surface area contributed by atoms with Crippen molar-refractivity contribution in [2.75, 3.05) is 0 Å². The third-order valence-electron chi connectivity index (χ3n) is 2.70. The van der Waals surface area contributed by atoms with E-state index in [0.29, 0.717) is 12.2 Å². The topological polar surface area (TPSA) is 47.4 Å². The second-order valence-electron chi connectivity index (χ2n) is 5.53. The number of aromatic nitrogens is 2. The molecule has 0 aliphatic carbocycles. The maximum Gasteiger partial charge on any atom is 0.410 e. The first-order chi connectivity index (χ1) is 8.76. The largest absolute Gasteiger partial charge is 0.444 e. The van der Waals surface area contributed by atoms with Crippen LogP contribution in [0.5, 0.6) is 0 Å². The fraction of sp³-hybridized carbons (Fsp3) is 0.667. The first kappa shape index (κ1) is 13.8. The van der Waals surface area contributed by atoms with Crippen LogP contribution in [0, 0.1) is 0 Å². The lowest BCUT2D eigenvalue weighted by Gasteiger charge is -2.24. The van der Waals surface area contributed by atoms with Crippen molar-refractivity contribution in [2.45, 2.75) is 52.4 Å². The first-order valence-electron chi connectivity index (χ1n) is 6.06. The van der Waals surface area contributed by atoms with E-state index in [4.69, 9.17) is 4.74 Å². The van der Waals surface area contributed by atoms with Gasteiger partial charge < -0.3 is 4.74 Å². The van der Waals surface area contributed by atoms with E-state index in [2.05, 4.69) is 5.10 Å². The number of nitrogens with zero attached hydrogens (tertiary/aromatic N) is 3. The molecule has 0 aromatic carbocycles. The minimum Gasteiger partial charge on any atom is -0.444 e. The van der Waals surface area contributed by atoms with Gasteiger partial charge in [-0.3, -0.25) is 9.58 Å². The van der Waals surface area contributed by atoms with Gasteiger partial charge in [0.2, 0.25) is 0 Å². The highest BCUT2D eigenvalue weighted by atomic mass is 19.3. The zero-order chi connectivity index (χ0) is 14.2. The van der Waals surface area contributed by atoms with Gasteiger partial charge >= 0.3 is 6.09 Å². The van der Waals surface area contributed by atoms with Crippen LogP contribution in [0.1, 0.15) is 32.0 Å². The summed E-state index contributed by atoms with van der Waals surface area (Å²) in [5, 5.41) is 3.90. The number of carbonyl (C=O) groups is 1. The molecule has 0 saturated carbocycles. The fourth-order valence-corrected chi connectivity index (χ4v) is 1.95. The van der Waals surface area contributed by atoms with Crippen molar-refractivity contribution in [3.05, 3.63) is 17.5 Å². The Balaban J connectivity index is 2.04. The van der Waals surface area contributed by atoms with E-state index in [-0.39, 0.29) is 6.54 Å². The van der Waals surface area contributed by atoms with Crippen LogP contribution < -0.4 is 0 Å². The molecule has 2 rings (SSSR count). The Morgan fingerprint density at radius 2 is 2.16 bits per heavy atom. The second-order valence-corrected chi connectivity index (χ2v) is 5.53. The first-order valence-corrected chi connectivity index (χ1v) is 6.06. The summed E-state index contributed by atoms with van der Waals surface area (Å²) in [6.07, 6.45) is -1.37. The highest BCUT2D eigenvalue weighted by Gasteiger charge is 2.30. The standard InChI is InChI=1S/C12H17F2N3O2/c1-12(2,3)19-11(18)16-5-8-4-15-17(7-10(13)14)9(8)6-16/h4,10H,5-7H2,1-3H3. The van der Waals surface area contributed by atoms with Crippen LogP contribution in [-0.2, 0) is 24.4 Å². The normalized spacial score (nSPS) is 14.9. The lowest BCUT2D eigenvalue weighted by Crippen LogP contribution is -2.33. The van der Waals surface area contributed by atoms with E-state index in [1.54, 1.807) is 20.8 Å². The van der Waals surface area contributed by atoms with E-state index >= 15 is 0 Å². The van der Waals surface area contributed by atoms with Gasteiger partial charge in [-0.15, -0.1) is 0 Å². The van der Waals surface area contributed by atoms with Crippen LogP contribution in [0.25, 0.3) is 0 Å². The van der Waals surface area contributed by atoms with E-state index in [1.165, 1.54) is 15.8 Å². The number of fused-ring (bicyclic) bond motifs is 1. The van der Waals surface area contributed by atoms with Crippen molar-refractivity contribution in [3.8, 4) is 0 Å². The number of alkyl halides is 2. The van der Waals surface area contributed by atoms with Crippen molar-refractivity contribution in [3.63, 3.8) is 0 Å². The summed E-state index contributed by atoms with van der Waals surface area (Å²) >= 11 is 0. The van der Waals surface area contributed by atoms with Crippen molar-refractivity contribution in [2.24, 2.45) is 0 Å². The maximum absolute atomic E-state index is 12.4. The van der Waals surface area contributed by atoms with Gasteiger partial charge in [0.15, 0.2) is 0 Å². The number of ether oxygens (including phenoxy) is 1. The number of amides is 1. The van der Waals surface area contributed by atoms with Gasteiger partial charge in [-0.25, -0.2) is 13.6 Å². The molecule has 0 bridgehead atoms. The smallest absolute Gasteiger partial charge is 0.410 e. The minimum absolute atomic E-state index is 0.261. The third-order valence-corrected chi connectivity index (χ3v) is 2.70. The monoisotopic (exact) mass is 273 g/mol. The molecular weight excluding hydrogens is 256 g/mol. The number of hydrogen-bond acceptors (Lipinski definition) is 3. The predicted octanol–water partition coefficient (Wildman–Crippen LogP) is 2.40. The number of hydrogen-bond donors (Lipinski definition) is 0. The number of rotatable bonds is 2. The van der Waals surface area contributed by atoms with E-state index in [0.717, 1.165) is 5.56 Å². The zero-order valence-corrected chi connectivity index (χ0v) is 11.2. The van der Waals surface area contributed by atoms with E-state index in [1.807, 2.05) is 0 Å². The number of carbonyl (C=O) groups excluding carboxylic acids is 1. The Labute approximate surface area is 110 Å². The minimum atomic E-state index is -2.46. The molecule has 0 radical (unpaired) electrons. The highest BCUT2D eigenvalue weighted by molar-refractivity contribution is 5.69. The van der Waals surface area contributed by atoms with Crippen LogP contribution in [0.15, 0.2) is 6.20 Å². The van der Waals surface area contributed by atoms with Gasteiger partial charge in [-0.1, -0.05) is 0 Å². The maximum atomic E-state index is 12.4. The van der Waals surface area contributed by atoms with Crippen LogP contribution >= 0.6 is 0 Å². The van der Waals surface area contributed by atoms with Crippen LogP contribution in [-0.4, -0.2) is 32.8 Å². The Bertz CT molecular complexity index is 480. The summed E-state index contributed by atoms with van der Waals surface area (Å²) in [7, 11) is 0. The lowest BCUT2D eigenvalue weighted by atomic mass is 10.2. The highest BCUT2D eigenvalue weighted by Crippen LogP contribution is 2.24. The summed E-state index contributed by atoms with van der Waals surface area (Å²) in [6, 6.07) is 0. The Hall–Kier alpha value is -1.66. The molecule has 0 N–H and O–H groups in total. The molecule has 1 aromatic rings. The lowest BCUT2D eigenvalue weighted by molar-refractivity contribution is 0.0237. The molecule has 0 saturated heterocycles. The van der Waals surface area contributed by atoms with E-state index < -0.39 is 24.7 Å². The van der Waals surface area contributed by atoms with Gasteiger partial charge in [0, 0.05) is 5.56 Å². The second kappa shape index (κ2) is 4.79. The summed E-state index contributed by atoms with van der Waals surface area (Å²) in [5.74, 6) is 0. The SMILES string of the molecule is CC(C)(C)OC(=O)N1Cc2cnn(CC(F)F)c2C1. The molecular formula is C12H17F2N3O2. The average Bonchev–Trinajstić information content (AvgIpc) is 2.77. The van der Waals surface area contributed by atoms with Crippen molar-refractivity contribution >= 4 is 6.09 Å². The van der Waals surface area contributed by atoms with Crippen LogP contribution in [0.3, 0.4) is 0 Å². The fourth-order valence-electron chi connectivity index (χ4n) is 1.95. The molecule has 0 spiro atoms. The van der Waals surface area contributed by atoms with Crippen molar-refractivity contribution in [1.29, 1.82) is 0 Å². The van der Waals surface area contributed by atoms with Crippen LogP contribution in [0.4, 0.5) is 13.6 Å². The summed E-state index contributed by atoms with van der Waals surface area (Å²) < 4.78 is 31.3. The molecule has 0 unspecified atom stereocenters. The van der Waals surface area contributed by atoms with Crippen LogP contribution in [0.2, 0.25) is 0 Å². The Kier molecular flexibility index (Phi) is 3.47. The Morgan fingerprint density at radius 3 is 2.74 bits per heavy atom. The van der Waals surface area contributed by atoms with Crippen molar-refractivity contribution < 1.29 is 18.3 Å². The van der Waals surface area contributed by atoms with Crippen molar-refractivity contribution in [1.82, 2.24) is 14.7 Å². The van der Waals surface area contributed by atoms with Gasteiger partial charge in [-0.2, -0.15) is 5.10 Å². The van der Waals surface area contributed by atoms with Gasteiger partial charge in [0.05, 0.1) is 25.0 Å². The van der Waals surface area contributed by atoms with Gasteiger partial charge in [0.25, 0.3) is 6.43 Å². The molecule has 1 amide bonds. The quantitative estimate of drug-likeness (QED) is 0.831. The van der Waals surface area contributed by atoms with Gasteiger partial charge in [0.1, 0.15) is 12.1 Å². The summed E-state index contributed by atoms with van der Waals surface area (Å²) in [5.41, 5.74) is 0.888. The average molecular weight is 273 g/mol. The molecule has 1 aliphatic rings. The molecule has 7 heteroatoms. The molecule has 1 aromatic heterocycles. The molecule has 0 atom stereocenters. The molecule has 19 heavy (non-hydrogen) atoms. The Morgan fingerprint density at radius 1 is 1.47 bits per heavy atom. The number of halogens is 2. The zero-order valence-electron chi connectivity index (χ0n) is 11.2. The third kappa shape index (κ3) is 3.21. The molecule has 106 valence electrons. The van der Waals surface area contributed by atoms with E-state index in [9.17, 15) is 13.6 Å².